The zero-order valence-electron chi connectivity index (χ0n) is 12.4. The monoisotopic (exact) mass is 329 g/mol. The van der Waals surface area contributed by atoms with Gasteiger partial charge in [-0.3, -0.25) is 9.52 Å². The number of anilines is 2. The van der Waals surface area contributed by atoms with Crippen molar-refractivity contribution in [3.63, 3.8) is 0 Å². The second kappa shape index (κ2) is 6.94. The number of hydrogen-bond donors (Lipinski definition) is 2. The summed E-state index contributed by atoms with van der Waals surface area (Å²) in [6.07, 6.45) is 0. The minimum absolute atomic E-state index is 0.306. The fourth-order valence-electron chi connectivity index (χ4n) is 1.83. The van der Waals surface area contributed by atoms with Crippen LogP contribution in [0.4, 0.5) is 17.1 Å². The summed E-state index contributed by atoms with van der Waals surface area (Å²) in [6, 6.07) is 13.0. The van der Waals surface area contributed by atoms with Crippen molar-refractivity contribution in [3.8, 4) is 0 Å². The molecule has 7 heteroatoms. The normalized spacial score (nSPS) is 10.6. The number of amides is 1. The molecule has 2 aromatic rings. The van der Waals surface area contributed by atoms with E-state index in [0.29, 0.717) is 17.1 Å². The van der Waals surface area contributed by atoms with Crippen molar-refractivity contribution >= 4 is 33.0 Å². The molecule has 0 heterocycles. The van der Waals surface area contributed by atoms with Crippen LogP contribution in [0.1, 0.15) is 5.56 Å². The number of nitrogens with one attached hydrogen (secondary N) is 2. The van der Waals surface area contributed by atoms with Crippen LogP contribution in [-0.2, 0) is 14.8 Å². The van der Waals surface area contributed by atoms with Crippen LogP contribution in [0.3, 0.4) is 0 Å². The van der Waals surface area contributed by atoms with Gasteiger partial charge in [0.15, 0.2) is 5.69 Å². The van der Waals surface area contributed by atoms with Gasteiger partial charge in [0.05, 0.1) is 6.57 Å². The van der Waals surface area contributed by atoms with Crippen molar-refractivity contribution < 1.29 is 13.2 Å². The largest absolute Gasteiger partial charge is 0.325 e. The minimum atomic E-state index is -3.82. The third-order valence-electron chi connectivity index (χ3n) is 2.93. The first-order chi connectivity index (χ1) is 10.9. The molecule has 118 valence electrons. The van der Waals surface area contributed by atoms with E-state index in [-0.39, 0.29) is 0 Å². The average molecular weight is 329 g/mol. The van der Waals surface area contributed by atoms with Crippen LogP contribution in [-0.4, -0.2) is 20.1 Å². The lowest BCUT2D eigenvalue weighted by Crippen LogP contribution is -2.27. The Balaban J connectivity index is 1.98. The van der Waals surface area contributed by atoms with E-state index in [9.17, 15) is 13.2 Å². The van der Waals surface area contributed by atoms with Gasteiger partial charge >= 0.3 is 0 Å². The Kier molecular flexibility index (Phi) is 4.98. The first kappa shape index (κ1) is 16.5. The van der Waals surface area contributed by atoms with Crippen molar-refractivity contribution in [2.45, 2.75) is 6.92 Å². The highest BCUT2D eigenvalue weighted by Gasteiger charge is 2.16. The van der Waals surface area contributed by atoms with Crippen molar-refractivity contribution in [1.29, 1.82) is 0 Å². The van der Waals surface area contributed by atoms with E-state index in [4.69, 9.17) is 6.57 Å². The molecule has 0 aliphatic carbocycles. The number of nitrogens with zero attached hydrogens (tertiary/aromatic N) is 1. The van der Waals surface area contributed by atoms with Gasteiger partial charge in [-0.1, -0.05) is 29.8 Å². The van der Waals surface area contributed by atoms with E-state index in [1.165, 1.54) is 24.3 Å². The van der Waals surface area contributed by atoms with E-state index in [1.54, 1.807) is 12.1 Å². The van der Waals surface area contributed by atoms with E-state index in [1.807, 2.05) is 19.1 Å². The summed E-state index contributed by atoms with van der Waals surface area (Å²) in [5.41, 5.74) is 2.29. The summed E-state index contributed by atoms with van der Waals surface area (Å²) < 4.78 is 26.3. The molecule has 0 aliphatic rings. The predicted octanol–water partition coefficient (Wildman–Crippen LogP) is 2.93. The van der Waals surface area contributed by atoms with Crippen LogP contribution in [0.2, 0.25) is 0 Å². The number of sulfonamides is 1. The highest BCUT2D eigenvalue weighted by molar-refractivity contribution is 7.93. The predicted molar refractivity (Wildman–Crippen MR) is 89.9 cm³/mol. The fourth-order valence-corrected chi connectivity index (χ4v) is 2.81. The molecule has 0 bridgehead atoms. The summed E-state index contributed by atoms with van der Waals surface area (Å²) in [4.78, 5) is 15.1. The van der Waals surface area contributed by atoms with Crippen LogP contribution in [0, 0.1) is 13.5 Å². The molecular formula is C16H15N3O3S. The summed E-state index contributed by atoms with van der Waals surface area (Å²) >= 11 is 0. The summed E-state index contributed by atoms with van der Waals surface area (Å²) in [5, 5.41) is 2.53. The molecule has 0 saturated carbocycles. The molecule has 2 rings (SSSR count). The fraction of sp³-hybridized carbons (Fsp3) is 0.125. The maximum atomic E-state index is 12.0. The van der Waals surface area contributed by atoms with Gasteiger partial charge in [-0.25, -0.2) is 13.3 Å². The summed E-state index contributed by atoms with van der Waals surface area (Å²) in [5.74, 6) is -1.31. The molecule has 1 amide bonds. The molecule has 6 nitrogen and oxygen atoms in total. The van der Waals surface area contributed by atoms with Gasteiger partial charge in [0, 0.05) is 11.4 Å². The van der Waals surface area contributed by atoms with Gasteiger partial charge in [0.25, 0.3) is 0 Å². The van der Waals surface area contributed by atoms with E-state index < -0.39 is 21.7 Å². The molecule has 23 heavy (non-hydrogen) atoms. The molecule has 0 spiro atoms. The molecule has 0 aromatic heterocycles. The van der Waals surface area contributed by atoms with E-state index in [0.717, 1.165) is 5.56 Å². The van der Waals surface area contributed by atoms with Crippen molar-refractivity contribution in [3.05, 3.63) is 65.5 Å². The summed E-state index contributed by atoms with van der Waals surface area (Å²) in [6.45, 7) is 8.76. The third kappa shape index (κ3) is 5.13. The van der Waals surface area contributed by atoms with Gasteiger partial charge in [-0.15, -0.1) is 0 Å². The Morgan fingerprint density at radius 3 is 2.17 bits per heavy atom. The third-order valence-corrected chi connectivity index (χ3v) is 4.12. The van der Waals surface area contributed by atoms with Gasteiger partial charge < -0.3 is 5.32 Å². The second-order valence-corrected chi connectivity index (χ2v) is 6.66. The molecule has 0 fully saturated rings. The Morgan fingerprint density at radius 2 is 1.61 bits per heavy atom. The molecule has 0 aliphatic heterocycles. The number of carbonyl (C=O) groups is 1. The second-order valence-electron chi connectivity index (χ2n) is 4.93. The van der Waals surface area contributed by atoms with Crippen molar-refractivity contribution in [2.24, 2.45) is 0 Å². The highest BCUT2D eigenvalue weighted by atomic mass is 32.2. The van der Waals surface area contributed by atoms with Crippen LogP contribution in [0.15, 0.2) is 48.5 Å². The SMILES string of the molecule is [C-]#[N+]c1ccc(NS(=O)(=O)CC(=O)Nc2ccc(C)cc2)cc1. The van der Waals surface area contributed by atoms with Gasteiger partial charge in [-0.05, 0) is 31.2 Å². The summed E-state index contributed by atoms with van der Waals surface area (Å²) in [7, 11) is -3.82. The lowest BCUT2D eigenvalue weighted by Gasteiger charge is -2.09. The van der Waals surface area contributed by atoms with Crippen molar-refractivity contribution in [1.82, 2.24) is 0 Å². The quantitative estimate of drug-likeness (QED) is 0.828. The number of rotatable bonds is 5. The first-order valence-corrected chi connectivity index (χ1v) is 8.38. The molecule has 0 saturated heterocycles. The maximum Gasteiger partial charge on any atom is 0.241 e. The smallest absolute Gasteiger partial charge is 0.241 e. The van der Waals surface area contributed by atoms with E-state index >= 15 is 0 Å². The van der Waals surface area contributed by atoms with Crippen LogP contribution in [0.5, 0.6) is 0 Å². The molecule has 2 aromatic carbocycles. The maximum absolute atomic E-state index is 12.0. The van der Waals surface area contributed by atoms with E-state index in [2.05, 4.69) is 14.9 Å². The molecule has 0 unspecified atom stereocenters. The highest BCUT2D eigenvalue weighted by Crippen LogP contribution is 2.17. The first-order valence-electron chi connectivity index (χ1n) is 6.72. The molecule has 0 atom stereocenters. The Hall–Kier alpha value is -2.85. The van der Waals surface area contributed by atoms with Crippen LogP contribution >= 0.6 is 0 Å². The van der Waals surface area contributed by atoms with Crippen LogP contribution in [0.25, 0.3) is 4.85 Å². The Labute approximate surface area is 135 Å². The number of aryl methyl sites for hydroxylation is 1. The molecular weight excluding hydrogens is 314 g/mol. The van der Waals surface area contributed by atoms with Crippen LogP contribution < -0.4 is 10.0 Å². The Bertz CT molecular complexity index is 836. The van der Waals surface area contributed by atoms with Gasteiger partial charge in [0.1, 0.15) is 5.75 Å². The van der Waals surface area contributed by atoms with Gasteiger partial charge in [-0.2, -0.15) is 0 Å². The zero-order valence-corrected chi connectivity index (χ0v) is 13.2. The Morgan fingerprint density at radius 1 is 1.04 bits per heavy atom. The lowest BCUT2D eigenvalue weighted by molar-refractivity contribution is -0.113. The number of carbonyl (C=O) groups excluding carboxylic acids is 1. The average Bonchev–Trinajstić information content (AvgIpc) is 2.49. The van der Waals surface area contributed by atoms with Crippen molar-refractivity contribution in [2.75, 3.05) is 15.8 Å². The topological polar surface area (TPSA) is 79.6 Å². The lowest BCUT2D eigenvalue weighted by atomic mass is 10.2. The number of hydrogen-bond acceptors (Lipinski definition) is 3. The van der Waals surface area contributed by atoms with Gasteiger partial charge in [0.2, 0.25) is 15.9 Å². The molecule has 0 radical (unpaired) electrons. The zero-order chi connectivity index (χ0) is 16.9. The minimum Gasteiger partial charge on any atom is -0.325 e. The number of benzene rings is 2. The standard InChI is InChI=1S/C16H15N3O3S/c1-12-3-5-14(6-4-12)18-16(20)11-23(21,22)19-15-9-7-13(17-2)8-10-15/h3-10,19H,11H2,1H3,(H,18,20). The molecule has 2 N–H and O–H groups in total.